The zero-order chi connectivity index (χ0) is 24.3. The summed E-state index contributed by atoms with van der Waals surface area (Å²) in [6.07, 6.45) is -1.95. The molecule has 2 aromatic rings. The summed E-state index contributed by atoms with van der Waals surface area (Å²) in [4.78, 5) is 25.4. The molecule has 0 radical (unpaired) electrons. The first kappa shape index (κ1) is 25.6. The number of benzene rings is 1. The van der Waals surface area contributed by atoms with Gasteiger partial charge in [-0.1, -0.05) is 12.0 Å². The minimum atomic E-state index is -4.95. The lowest BCUT2D eigenvalue weighted by Crippen LogP contribution is -2.36. The molecule has 0 saturated carbocycles. The van der Waals surface area contributed by atoms with Crippen LogP contribution in [0.1, 0.15) is 23.8 Å². The van der Waals surface area contributed by atoms with Crippen LogP contribution in [-0.4, -0.2) is 40.0 Å². The van der Waals surface area contributed by atoms with Gasteiger partial charge in [0.05, 0.1) is 6.10 Å². The molecule has 1 aromatic heterocycles. The van der Waals surface area contributed by atoms with Crippen molar-refractivity contribution in [2.45, 2.75) is 31.0 Å². The van der Waals surface area contributed by atoms with E-state index in [9.17, 15) is 22.8 Å². The normalized spacial score (nSPS) is 20.4. The lowest BCUT2D eigenvalue weighted by atomic mass is 10.2. The van der Waals surface area contributed by atoms with Crippen molar-refractivity contribution in [2.75, 3.05) is 13.2 Å². The highest BCUT2D eigenvalue weighted by atomic mass is 79.9. The molecule has 1 fully saturated rings. The Morgan fingerprint density at radius 3 is 2.76 bits per heavy atom. The summed E-state index contributed by atoms with van der Waals surface area (Å²) in [5.74, 6) is 2.30. The molecule has 3 atom stereocenters. The van der Waals surface area contributed by atoms with Crippen LogP contribution in [-0.2, 0) is 20.4 Å². The van der Waals surface area contributed by atoms with Crippen LogP contribution in [0.4, 0.5) is 13.2 Å². The number of aromatic amines is 1. The molecule has 0 aliphatic carbocycles. The second-order valence-corrected chi connectivity index (χ2v) is 8.84. The van der Waals surface area contributed by atoms with E-state index >= 15 is 0 Å². The molecular weight excluding hydrogens is 597 g/mol. The van der Waals surface area contributed by atoms with Crippen LogP contribution >= 0.6 is 44.1 Å². The first-order chi connectivity index (χ1) is 15.5. The smallest absolute Gasteiger partial charge is 0.423 e. The molecule has 33 heavy (non-hydrogen) atoms. The van der Waals surface area contributed by atoms with Crippen molar-refractivity contribution in [1.82, 2.24) is 9.55 Å². The fourth-order valence-corrected chi connectivity index (χ4v) is 4.33. The minimum absolute atomic E-state index is 0.00764. The summed E-state index contributed by atoms with van der Waals surface area (Å²) in [6, 6.07) is 5.31. The highest BCUT2D eigenvalue weighted by Crippen LogP contribution is 2.33. The van der Waals surface area contributed by atoms with Gasteiger partial charge in [0.15, 0.2) is 5.05 Å². The van der Waals surface area contributed by atoms with Crippen LogP contribution in [0, 0.1) is 12.3 Å². The van der Waals surface area contributed by atoms with Gasteiger partial charge in [0.2, 0.25) is 0 Å². The van der Waals surface area contributed by atoms with Crippen molar-refractivity contribution in [3.05, 3.63) is 65.3 Å². The number of aromatic nitrogens is 2. The number of ether oxygens (including phenoxy) is 3. The monoisotopic (exact) mass is 610 g/mol. The second kappa shape index (κ2) is 10.5. The number of thiocarbonyl (C=S) groups is 1. The first-order valence-corrected chi connectivity index (χ1v) is 11.3. The summed E-state index contributed by atoms with van der Waals surface area (Å²) in [5, 5.41) is 0.145. The van der Waals surface area contributed by atoms with Gasteiger partial charge in [0, 0.05) is 27.1 Å². The molecule has 7 nitrogen and oxygen atoms in total. The summed E-state index contributed by atoms with van der Waals surface area (Å²) in [5.41, 5.74) is -3.51. The number of alkyl halides is 3. The van der Waals surface area contributed by atoms with E-state index in [4.69, 9.17) is 32.9 Å². The van der Waals surface area contributed by atoms with Gasteiger partial charge in [-0.05, 0) is 56.2 Å². The van der Waals surface area contributed by atoms with E-state index in [0.29, 0.717) is 20.8 Å². The number of nitrogens with zero attached hydrogens (tertiary/aromatic N) is 1. The van der Waals surface area contributed by atoms with E-state index < -0.39 is 41.4 Å². The van der Waals surface area contributed by atoms with Crippen molar-refractivity contribution in [1.29, 1.82) is 0 Å². The highest BCUT2D eigenvalue weighted by Gasteiger charge is 2.40. The number of terminal acetylenes is 1. The fourth-order valence-electron chi connectivity index (χ4n) is 3.15. The van der Waals surface area contributed by atoms with E-state index in [2.05, 4.69) is 37.8 Å². The SMILES string of the molecule is C#CCO[C@H]1C[C@H](n2cc(C(F)(F)F)c(=O)[nH]c2=O)O[C@@H]1COC(=S)c1cccc(Br)c1Br. The van der Waals surface area contributed by atoms with Crippen molar-refractivity contribution >= 4 is 49.1 Å². The maximum atomic E-state index is 13.1. The van der Waals surface area contributed by atoms with Crippen LogP contribution in [0.25, 0.3) is 0 Å². The van der Waals surface area contributed by atoms with E-state index in [1.54, 1.807) is 17.1 Å². The zero-order valence-corrected chi connectivity index (χ0v) is 20.5. The lowest BCUT2D eigenvalue weighted by Gasteiger charge is -2.19. The average molecular weight is 612 g/mol. The molecule has 1 aliphatic rings. The number of hydrogen-bond acceptors (Lipinski definition) is 6. The number of halogens is 5. The third-order valence-electron chi connectivity index (χ3n) is 4.69. The Labute approximate surface area is 207 Å². The van der Waals surface area contributed by atoms with Crippen molar-refractivity contribution in [3.8, 4) is 12.3 Å². The maximum Gasteiger partial charge on any atom is 0.423 e. The molecule has 13 heteroatoms. The Kier molecular flexibility index (Phi) is 8.17. The third kappa shape index (κ3) is 5.93. The quantitative estimate of drug-likeness (QED) is 0.396. The number of rotatable bonds is 6. The molecular formula is C20H15Br2F3N2O5S. The molecule has 176 valence electrons. The van der Waals surface area contributed by atoms with E-state index in [1.165, 1.54) is 0 Å². The van der Waals surface area contributed by atoms with Gasteiger partial charge in [0.1, 0.15) is 31.1 Å². The predicted octanol–water partition coefficient (Wildman–Crippen LogP) is 3.78. The molecule has 1 saturated heterocycles. The standard InChI is InChI=1S/C20H15Br2F3N2O5S/c1-2-6-30-13-7-15(27-8-11(20(23,24)25)17(28)26-19(27)29)32-14(13)9-31-18(33)10-4-3-5-12(21)16(10)22/h1,3-5,8,13-15H,6-7,9H2,(H,26,28,29)/t13-,14+,15+/m0/s1. The van der Waals surface area contributed by atoms with Gasteiger partial charge in [-0.15, -0.1) is 6.42 Å². The molecule has 0 bridgehead atoms. The maximum absolute atomic E-state index is 13.1. The molecule has 3 rings (SSSR count). The molecule has 0 spiro atoms. The topological polar surface area (TPSA) is 82.6 Å². The number of H-pyrrole nitrogens is 1. The van der Waals surface area contributed by atoms with Gasteiger partial charge >= 0.3 is 11.9 Å². The van der Waals surface area contributed by atoms with Crippen LogP contribution in [0.2, 0.25) is 0 Å². The summed E-state index contributed by atoms with van der Waals surface area (Å²) >= 11 is 12.1. The molecule has 1 aliphatic heterocycles. The molecule has 1 aromatic carbocycles. The number of nitrogens with one attached hydrogen (secondary N) is 1. The van der Waals surface area contributed by atoms with E-state index in [-0.39, 0.29) is 24.7 Å². The Hall–Kier alpha value is -1.98. The van der Waals surface area contributed by atoms with Gasteiger partial charge < -0.3 is 14.2 Å². The Morgan fingerprint density at radius 2 is 2.09 bits per heavy atom. The second-order valence-electron chi connectivity index (χ2n) is 6.83. The first-order valence-electron chi connectivity index (χ1n) is 9.27. The van der Waals surface area contributed by atoms with E-state index in [0.717, 1.165) is 4.47 Å². The Morgan fingerprint density at radius 1 is 1.36 bits per heavy atom. The lowest BCUT2D eigenvalue weighted by molar-refractivity contribution is -0.139. The van der Waals surface area contributed by atoms with Crippen LogP contribution in [0.3, 0.4) is 0 Å². The Bertz CT molecular complexity index is 1210. The molecule has 0 unspecified atom stereocenters. The number of hydrogen-bond donors (Lipinski definition) is 1. The van der Waals surface area contributed by atoms with Crippen molar-refractivity contribution in [3.63, 3.8) is 0 Å². The van der Waals surface area contributed by atoms with Gasteiger partial charge in [-0.2, -0.15) is 13.2 Å². The summed E-state index contributed by atoms with van der Waals surface area (Å²) in [6.45, 7) is -0.207. The van der Waals surface area contributed by atoms with E-state index in [1.807, 2.05) is 6.07 Å². The largest absolute Gasteiger partial charge is 0.480 e. The molecule has 1 N–H and O–H groups in total. The molecule has 2 heterocycles. The van der Waals surface area contributed by atoms with Crippen LogP contribution in [0.15, 0.2) is 42.9 Å². The van der Waals surface area contributed by atoms with Gasteiger partial charge in [-0.25, -0.2) is 4.79 Å². The molecule has 0 amide bonds. The average Bonchev–Trinajstić information content (AvgIpc) is 3.14. The highest BCUT2D eigenvalue weighted by molar-refractivity contribution is 9.13. The van der Waals surface area contributed by atoms with Gasteiger partial charge in [-0.3, -0.25) is 14.3 Å². The Balaban J connectivity index is 1.81. The van der Waals surface area contributed by atoms with Crippen LogP contribution < -0.4 is 11.2 Å². The fraction of sp³-hybridized carbons (Fsp3) is 0.350. The predicted molar refractivity (Wildman–Crippen MR) is 123 cm³/mol. The zero-order valence-electron chi connectivity index (χ0n) is 16.5. The third-order valence-corrected chi connectivity index (χ3v) is 7.08. The van der Waals surface area contributed by atoms with Crippen LogP contribution in [0.5, 0.6) is 0 Å². The van der Waals surface area contributed by atoms with Crippen molar-refractivity contribution in [2.24, 2.45) is 0 Å². The minimum Gasteiger partial charge on any atom is -0.480 e. The van der Waals surface area contributed by atoms with Gasteiger partial charge in [0.25, 0.3) is 5.56 Å². The summed E-state index contributed by atoms with van der Waals surface area (Å²) < 4.78 is 58.5. The van der Waals surface area contributed by atoms with Crippen molar-refractivity contribution < 1.29 is 27.4 Å². The summed E-state index contributed by atoms with van der Waals surface area (Å²) in [7, 11) is 0.